The minimum absolute atomic E-state index is 0.00250. The van der Waals surface area contributed by atoms with Crippen molar-refractivity contribution in [1.82, 2.24) is 10.9 Å². The van der Waals surface area contributed by atoms with Gasteiger partial charge in [-0.2, -0.15) is 10.2 Å². The van der Waals surface area contributed by atoms with Crippen LogP contribution in [0.4, 0.5) is 11.4 Å². The molecule has 36 heavy (non-hydrogen) atoms. The van der Waals surface area contributed by atoms with E-state index in [0.29, 0.717) is 33.9 Å². The molecule has 10 heteroatoms. The minimum Gasteiger partial charge on any atom is -0.326 e. The number of rotatable bonds is 8. The highest BCUT2D eigenvalue weighted by Crippen LogP contribution is 2.31. The van der Waals surface area contributed by atoms with Gasteiger partial charge in [-0.25, -0.2) is 10.9 Å². The van der Waals surface area contributed by atoms with Crippen molar-refractivity contribution in [1.29, 1.82) is 0 Å². The van der Waals surface area contributed by atoms with Crippen LogP contribution < -0.4 is 21.5 Å². The first-order valence-electron chi connectivity index (χ1n) is 11.8. The summed E-state index contributed by atoms with van der Waals surface area (Å²) in [6.45, 7) is 3.36. The maximum absolute atomic E-state index is 12.2. The zero-order chi connectivity index (χ0) is 25.7. The summed E-state index contributed by atoms with van der Waals surface area (Å²) in [5.74, 6) is -1.78. The van der Waals surface area contributed by atoms with Crippen LogP contribution in [-0.2, 0) is 19.2 Å². The standard InChI is InChI=1S/C26H28N6O4/c1-15(19-5-3-7-21(13-19)27-23(33)17-9-10-17)29-31-25(35)26(36)32-30-16(2)20-6-4-8-22(14-20)28-24(34)18-11-12-18/h3-8,13-14,17-18H,9-12H2,1-2H3,(H,27,33)(H,28,34)(H,31,35)(H,32,36)/b29-15-,30-16-. The van der Waals surface area contributed by atoms with Gasteiger partial charge in [-0.15, -0.1) is 0 Å². The van der Waals surface area contributed by atoms with Gasteiger partial charge in [0.1, 0.15) is 0 Å². The first-order chi connectivity index (χ1) is 17.3. The second-order valence-corrected chi connectivity index (χ2v) is 8.96. The van der Waals surface area contributed by atoms with E-state index < -0.39 is 11.8 Å². The highest BCUT2D eigenvalue weighted by molar-refractivity contribution is 6.35. The van der Waals surface area contributed by atoms with Gasteiger partial charge >= 0.3 is 11.8 Å². The largest absolute Gasteiger partial charge is 0.331 e. The minimum atomic E-state index is -0.977. The monoisotopic (exact) mass is 488 g/mol. The Balaban J connectivity index is 1.30. The van der Waals surface area contributed by atoms with Gasteiger partial charge in [-0.3, -0.25) is 19.2 Å². The molecule has 2 aliphatic rings. The van der Waals surface area contributed by atoms with E-state index in [4.69, 9.17) is 0 Å². The van der Waals surface area contributed by atoms with Crippen LogP contribution in [-0.4, -0.2) is 35.1 Å². The maximum Gasteiger partial charge on any atom is 0.331 e. The number of hydrogen-bond donors (Lipinski definition) is 4. The third-order valence-corrected chi connectivity index (χ3v) is 5.85. The second kappa shape index (κ2) is 10.9. The lowest BCUT2D eigenvalue weighted by molar-refractivity contribution is -0.139. The van der Waals surface area contributed by atoms with Crippen LogP contribution in [0.25, 0.3) is 0 Å². The summed E-state index contributed by atoms with van der Waals surface area (Å²) in [7, 11) is 0. The van der Waals surface area contributed by atoms with Crippen molar-refractivity contribution in [2.75, 3.05) is 10.6 Å². The third kappa shape index (κ3) is 6.84. The Morgan fingerprint density at radius 3 is 1.42 bits per heavy atom. The van der Waals surface area contributed by atoms with Crippen molar-refractivity contribution in [2.45, 2.75) is 39.5 Å². The quantitative estimate of drug-likeness (QED) is 0.258. The van der Waals surface area contributed by atoms with E-state index in [2.05, 4.69) is 31.7 Å². The lowest BCUT2D eigenvalue weighted by Gasteiger charge is -2.08. The molecule has 0 radical (unpaired) electrons. The predicted molar refractivity (Wildman–Crippen MR) is 136 cm³/mol. The molecule has 2 fully saturated rings. The molecule has 2 saturated carbocycles. The van der Waals surface area contributed by atoms with Gasteiger partial charge in [0, 0.05) is 23.2 Å². The maximum atomic E-state index is 12.2. The molecule has 4 rings (SSSR count). The molecule has 4 amide bonds. The lowest BCUT2D eigenvalue weighted by atomic mass is 10.1. The smallest absolute Gasteiger partial charge is 0.326 e. The Hall–Kier alpha value is -4.34. The number of benzene rings is 2. The molecular formula is C26H28N6O4. The zero-order valence-corrected chi connectivity index (χ0v) is 20.1. The predicted octanol–water partition coefficient (Wildman–Crippen LogP) is 2.76. The number of carbonyl (C=O) groups is 4. The number of anilines is 2. The van der Waals surface area contributed by atoms with Gasteiger partial charge in [-0.1, -0.05) is 24.3 Å². The second-order valence-electron chi connectivity index (χ2n) is 8.96. The molecule has 0 unspecified atom stereocenters. The van der Waals surface area contributed by atoms with Crippen molar-refractivity contribution in [3.8, 4) is 0 Å². The average molecular weight is 489 g/mol. The fourth-order valence-electron chi connectivity index (χ4n) is 3.32. The molecule has 4 N–H and O–H groups in total. The van der Waals surface area contributed by atoms with Gasteiger partial charge < -0.3 is 10.6 Å². The summed E-state index contributed by atoms with van der Waals surface area (Å²) in [6.07, 6.45) is 3.65. The van der Waals surface area contributed by atoms with Crippen LogP contribution in [0.15, 0.2) is 58.7 Å². The van der Waals surface area contributed by atoms with Crippen LogP contribution in [0.3, 0.4) is 0 Å². The number of hydrazone groups is 2. The van der Waals surface area contributed by atoms with Gasteiger partial charge in [0.2, 0.25) is 11.8 Å². The molecule has 2 aromatic rings. The van der Waals surface area contributed by atoms with Crippen LogP contribution >= 0.6 is 0 Å². The first-order valence-corrected chi connectivity index (χ1v) is 11.8. The molecule has 0 spiro atoms. The van der Waals surface area contributed by atoms with Gasteiger partial charge in [0.25, 0.3) is 0 Å². The van der Waals surface area contributed by atoms with Crippen molar-refractivity contribution in [3.05, 3.63) is 59.7 Å². The van der Waals surface area contributed by atoms with E-state index in [-0.39, 0.29) is 23.7 Å². The number of carbonyl (C=O) groups excluding carboxylic acids is 4. The highest BCUT2D eigenvalue weighted by Gasteiger charge is 2.30. The van der Waals surface area contributed by atoms with Crippen LogP contribution in [0.1, 0.15) is 50.7 Å². The van der Waals surface area contributed by atoms with E-state index in [1.54, 1.807) is 62.4 Å². The van der Waals surface area contributed by atoms with E-state index >= 15 is 0 Å². The molecule has 186 valence electrons. The summed E-state index contributed by atoms with van der Waals surface area (Å²) in [5, 5.41) is 13.7. The molecule has 10 nitrogen and oxygen atoms in total. The summed E-state index contributed by atoms with van der Waals surface area (Å²) >= 11 is 0. The Bertz CT molecular complexity index is 1160. The zero-order valence-electron chi connectivity index (χ0n) is 20.1. The normalized spacial score (nSPS) is 15.6. The first kappa shape index (κ1) is 24.8. The fourth-order valence-corrected chi connectivity index (χ4v) is 3.32. The number of amides is 4. The van der Waals surface area contributed by atoms with Crippen molar-refractivity contribution in [2.24, 2.45) is 22.0 Å². The number of hydrogen-bond acceptors (Lipinski definition) is 6. The van der Waals surface area contributed by atoms with Gasteiger partial charge in [-0.05, 0) is 74.9 Å². The van der Waals surface area contributed by atoms with E-state index in [1.807, 2.05) is 0 Å². The molecule has 0 atom stereocenters. The molecular weight excluding hydrogens is 460 g/mol. The summed E-state index contributed by atoms with van der Waals surface area (Å²) in [4.78, 5) is 48.2. The molecule has 0 heterocycles. The Morgan fingerprint density at radius 2 is 1.06 bits per heavy atom. The van der Waals surface area contributed by atoms with Crippen molar-refractivity contribution in [3.63, 3.8) is 0 Å². The SMILES string of the molecule is C/C(=N/NC(=O)C(=O)N/N=C(/C)c1cccc(NC(=O)C2CC2)c1)c1cccc(NC(=O)C2CC2)c1. The summed E-state index contributed by atoms with van der Waals surface area (Å²) < 4.78 is 0. The fraction of sp³-hybridized carbons (Fsp3) is 0.308. The lowest BCUT2D eigenvalue weighted by Crippen LogP contribution is -2.36. The number of nitrogens with zero attached hydrogens (tertiary/aromatic N) is 2. The van der Waals surface area contributed by atoms with Crippen molar-refractivity contribution < 1.29 is 19.2 Å². The van der Waals surface area contributed by atoms with Gasteiger partial charge in [0.05, 0.1) is 11.4 Å². The van der Waals surface area contributed by atoms with Gasteiger partial charge in [0.15, 0.2) is 0 Å². The molecule has 2 aromatic carbocycles. The third-order valence-electron chi connectivity index (χ3n) is 5.85. The molecule has 0 saturated heterocycles. The Labute approximate surface area is 208 Å². The van der Waals surface area contributed by atoms with E-state index in [9.17, 15) is 19.2 Å². The average Bonchev–Trinajstić information content (AvgIpc) is 3.78. The van der Waals surface area contributed by atoms with Crippen LogP contribution in [0, 0.1) is 11.8 Å². The molecule has 0 aliphatic heterocycles. The van der Waals surface area contributed by atoms with E-state index in [0.717, 1.165) is 25.7 Å². The van der Waals surface area contributed by atoms with Crippen molar-refractivity contribution >= 4 is 46.4 Å². The van der Waals surface area contributed by atoms with Crippen LogP contribution in [0.2, 0.25) is 0 Å². The molecule has 0 aromatic heterocycles. The Kier molecular flexibility index (Phi) is 7.53. The molecule has 0 bridgehead atoms. The Morgan fingerprint density at radius 1 is 0.667 bits per heavy atom. The highest BCUT2D eigenvalue weighted by atomic mass is 16.2. The number of nitrogens with one attached hydrogen (secondary N) is 4. The topological polar surface area (TPSA) is 141 Å². The molecule has 2 aliphatic carbocycles. The van der Waals surface area contributed by atoms with E-state index in [1.165, 1.54) is 0 Å². The van der Waals surface area contributed by atoms with Crippen LogP contribution in [0.5, 0.6) is 0 Å². The summed E-state index contributed by atoms with van der Waals surface area (Å²) in [5.41, 5.74) is 8.01. The summed E-state index contributed by atoms with van der Waals surface area (Å²) in [6, 6.07) is 14.2.